The molecule has 20 heavy (non-hydrogen) atoms. The van der Waals surface area contributed by atoms with Gasteiger partial charge in [0.2, 0.25) is 0 Å². The molecule has 1 N–H and O–H groups in total. The quantitative estimate of drug-likeness (QED) is 0.801. The van der Waals surface area contributed by atoms with Crippen LogP contribution in [0.3, 0.4) is 0 Å². The zero-order valence-corrected chi connectivity index (χ0v) is 11.1. The minimum atomic E-state index is -1.00. The zero-order valence-electron chi connectivity index (χ0n) is 10.3. The second-order valence-electron chi connectivity index (χ2n) is 4.28. The summed E-state index contributed by atoms with van der Waals surface area (Å²) in [7, 11) is 0. The Morgan fingerprint density at radius 1 is 1.30 bits per heavy atom. The van der Waals surface area contributed by atoms with Gasteiger partial charge in [0.05, 0.1) is 23.8 Å². The van der Waals surface area contributed by atoms with Crippen molar-refractivity contribution in [2.45, 2.75) is 6.54 Å². The Bertz CT molecular complexity index is 851. The molecule has 100 valence electrons. The van der Waals surface area contributed by atoms with Gasteiger partial charge in [0.1, 0.15) is 4.83 Å². The summed E-state index contributed by atoms with van der Waals surface area (Å²) >= 11 is 1.41. The van der Waals surface area contributed by atoms with E-state index >= 15 is 0 Å². The number of carboxylic acids is 1. The van der Waals surface area contributed by atoms with Crippen LogP contribution >= 0.6 is 11.3 Å². The molecule has 0 saturated heterocycles. The molecule has 3 rings (SSSR count). The van der Waals surface area contributed by atoms with Crippen molar-refractivity contribution < 1.29 is 9.90 Å². The Morgan fingerprint density at radius 2 is 2.10 bits per heavy atom. The van der Waals surface area contributed by atoms with E-state index in [1.165, 1.54) is 28.3 Å². The summed E-state index contributed by atoms with van der Waals surface area (Å²) in [6.07, 6.45) is 1.46. The maximum absolute atomic E-state index is 12.3. The van der Waals surface area contributed by atoms with Crippen molar-refractivity contribution in [2.24, 2.45) is 0 Å². The maximum atomic E-state index is 12.3. The molecule has 0 fully saturated rings. The Hall–Kier alpha value is -2.47. The van der Waals surface area contributed by atoms with Crippen LogP contribution in [0.5, 0.6) is 0 Å². The highest BCUT2D eigenvalue weighted by atomic mass is 32.1. The fourth-order valence-corrected chi connectivity index (χ4v) is 2.78. The highest BCUT2D eigenvalue weighted by Crippen LogP contribution is 2.14. The topological polar surface area (TPSA) is 72.2 Å². The molecule has 0 amide bonds. The van der Waals surface area contributed by atoms with Crippen LogP contribution in [0.4, 0.5) is 0 Å². The molecule has 0 unspecified atom stereocenters. The number of nitrogens with zero attached hydrogens (tertiary/aromatic N) is 2. The SMILES string of the molecule is O=C(O)c1ccccc1Cn1cnc2sccc2c1=O. The molecule has 0 radical (unpaired) electrons. The number of aromatic carboxylic acids is 1. The van der Waals surface area contributed by atoms with E-state index in [0.29, 0.717) is 15.8 Å². The molecule has 3 aromatic rings. The molecule has 5 nitrogen and oxygen atoms in total. The molecule has 0 aliphatic rings. The predicted molar refractivity (Wildman–Crippen MR) is 76.4 cm³/mol. The van der Waals surface area contributed by atoms with Crippen molar-refractivity contribution in [2.75, 3.05) is 0 Å². The van der Waals surface area contributed by atoms with Crippen molar-refractivity contribution in [1.29, 1.82) is 0 Å². The van der Waals surface area contributed by atoms with E-state index in [1.54, 1.807) is 24.3 Å². The number of carbonyl (C=O) groups is 1. The normalized spacial score (nSPS) is 10.8. The molecule has 2 aromatic heterocycles. The van der Waals surface area contributed by atoms with E-state index < -0.39 is 5.97 Å². The van der Waals surface area contributed by atoms with E-state index in [1.807, 2.05) is 5.38 Å². The summed E-state index contributed by atoms with van der Waals surface area (Å²) in [6.45, 7) is 0.195. The smallest absolute Gasteiger partial charge is 0.336 e. The first-order valence-corrected chi connectivity index (χ1v) is 6.78. The van der Waals surface area contributed by atoms with Gasteiger partial charge in [-0.05, 0) is 23.1 Å². The van der Waals surface area contributed by atoms with Crippen molar-refractivity contribution >= 4 is 27.5 Å². The lowest BCUT2D eigenvalue weighted by Gasteiger charge is -2.08. The van der Waals surface area contributed by atoms with Crippen molar-refractivity contribution in [3.63, 3.8) is 0 Å². The second kappa shape index (κ2) is 4.90. The minimum absolute atomic E-state index is 0.156. The monoisotopic (exact) mass is 286 g/mol. The summed E-state index contributed by atoms with van der Waals surface area (Å²) < 4.78 is 1.43. The summed E-state index contributed by atoms with van der Waals surface area (Å²) in [6, 6.07) is 8.38. The number of hydrogen-bond acceptors (Lipinski definition) is 4. The zero-order chi connectivity index (χ0) is 14.1. The Kier molecular flexibility index (Phi) is 3.08. The van der Waals surface area contributed by atoms with E-state index in [0.717, 1.165) is 0 Å². The number of hydrogen-bond donors (Lipinski definition) is 1. The van der Waals surface area contributed by atoms with Crippen molar-refractivity contribution in [3.05, 3.63) is 63.5 Å². The number of carboxylic acid groups (broad SMARTS) is 1. The first kappa shape index (κ1) is 12.6. The van der Waals surface area contributed by atoms with E-state index in [4.69, 9.17) is 5.11 Å². The molecule has 2 heterocycles. The number of rotatable bonds is 3. The lowest BCUT2D eigenvalue weighted by atomic mass is 10.1. The van der Waals surface area contributed by atoms with Gasteiger partial charge in [-0.15, -0.1) is 11.3 Å². The molecule has 0 saturated carbocycles. The lowest BCUT2D eigenvalue weighted by molar-refractivity contribution is 0.0695. The second-order valence-corrected chi connectivity index (χ2v) is 5.17. The molecule has 1 aromatic carbocycles. The molecule has 0 aliphatic heterocycles. The van der Waals surface area contributed by atoms with Crippen LogP contribution in [-0.2, 0) is 6.54 Å². The van der Waals surface area contributed by atoms with Crippen LogP contribution in [0.25, 0.3) is 10.2 Å². The highest BCUT2D eigenvalue weighted by molar-refractivity contribution is 7.16. The average molecular weight is 286 g/mol. The van der Waals surface area contributed by atoms with Gasteiger partial charge < -0.3 is 5.11 Å². The van der Waals surface area contributed by atoms with Gasteiger partial charge in [0.15, 0.2) is 0 Å². The Labute approximate surface area is 117 Å². The molecule has 0 aliphatic carbocycles. The van der Waals surface area contributed by atoms with E-state index in [9.17, 15) is 9.59 Å². The highest BCUT2D eigenvalue weighted by Gasteiger charge is 2.11. The van der Waals surface area contributed by atoms with E-state index in [2.05, 4.69) is 4.98 Å². The molecule has 0 spiro atoms. The largest absolute Gasteiger partial charge is 0.478 e. The van der Waals surface area contributed by atoms with Gasteiger partial charge in [-0.2, -0.15) is 0 Å². The fourth-order valence-electron chi connectivity index (χ4n) is 2.06. The predicted octanol–water partition coefficient (Wildman–Crippen LogP) is 2.20. The molecule has 0 atom stereocenters. The number of thiophene rings is 1. The van der Waals surface area contributed by atoms with Gasteiger partial charge in [-0.3, -0.25) is 9.36 Å². The third kappa shape index (κ3) is 2.10. The van der Waals surface area contributed by atoms with Gasteiger partial charge in [0, 0.05) is 0 Å². The third-order valence-corrected chi connectivity index (χ3v) is 3.86. The molecular weight excluding hydrogens is 276 g/mol. The fraction of sp³-hybridized carbons (Fsp3) is 0.0714. The molecule has 6 heteroatoms. The Balaban J connectivity index is 2.08. The van der Waals surface area contributed by atoms with Crippen LogP contribution in [0, 0.1) is 0 Å². The lowest BCUT2D eigenvalue weighted by Crippen LogP contribution is -2.21. The summed E-state index contributed by atoms with van der Waals surface area (Å²) in [4.78, 5) is 28.3. The Morgan fingerprint density at radius 3 is 2.90 bits per heavy atom. The van der Waals surface area contributed by atoms with Crippen molar-refractivity contribution in [1.82, 2.24) is 9.55 Å². The van der Waals surface area contributed by atoms with Crippen LogP contribution in [0.15, 0.2) is 46.8 Å². The number of aromatic nitrogens is 2. The summed E-state index contributed by atoms with van der Waals surface area (Å²) in [5.74, 6) is -1.00. The van der Waals surface area contributed by atoms with Gasteiger partial charge >= 0.3 is 5.97 Å². The first-order valence-electron chi connectivity index (χ1n) is 5.90. The van der Waals surface area contributed by atoms with Gasteiger partial charge in [-0.1, -0.05) is 18.2 Å². The van der Waals surface area contributed by atoms with Crippen molar-refractivity contribution in [3.8, 4) is 0 Å². The average Bonchev–Trinajstić information content (AvgIpc) is 2.91. The molecular formula is C14H10N2O3S. The molecule has 0 bridgehead atoms. The van der Waals surface area contributed by atoms with Crippen LogP contribution in [0.2, 0.25) is 0 Å². The van der Waals surface area contributed by atoms with Crippen LogP contribution < -0.4 is 5.56 Å². The van der Waals surface area contributed by atoms with Crippen LogP contribution in [0.1, 0.15) is 15.9 Å². The minimum Gasteiger partial charge on any atom is -0.478 e. The first-order chi connectivity index (χ1) is 9.66. The van der Waals surface area contributed by atoms with Gasteiger partial charge in [-0.25, -0.2) is 9.78 Å². The number of benzene rings is 1. The third-order valence-electron chi connectivity index (χ3n) is 3.04. The summed E-state index contributed by atoms with van der Waals surface area (Å²) in [5.41, 5.74) is 0.625. The standard InChI is InChI=1S/C14H10N2O3S/c17-13-11-5-6-20-12(11)15-8-16(13)7-9-3-1-2-4-10(9)14(18)19/h1-6,8H,7H2,(H,18,19). The van der Waals surface area contributed by atoms with E-state index in [-0.39, 0.29) is 17.7 Å². The number of fused-ring (bicyclic) bond motifs is 1. The van der Waals surface area contributed by atoms with Gasteiger partial charge in [0.25, 0.3) is 5.56 Å². The maximum Gasteiger partial charge on any atom is 0.336 e. The summed E-state index contributed by atoms with van der Waals surface area (Å²) in [5, 5.41) is 11.5. The van der Waals surface area contributed by atoms with Crippen LogP contribution in [-0.4, -0.2) is 20.6 Å².